The largest absolute Gasteiger partial charge is 0.399 e. The summed E-state index contributed by atoms with van der Waals surface area (Å²) < 4.78 is 0. The van der Waals surface area contributed by atoms with Crippen LogP contribution in [0, 0.1) is 0 Å². The molecule has 0 aliphatic carbocycles. The van der Waals surface area contributed by atoms with Crippen LogP contribution >= 0.6 is 0 Å². The lowest BCUT2D eigenvalue weighted by molar-refractivity contribution is -0.121. The average molecular weight is 261 g/mol. The van der Waals surface area contributed by atoms with Crippen molar-refractivity contribution in [2.75, 3.05) is 18.8 Å². The average Bonchev–Trinajstić information content (AvgIpc) is 2.37. The van der Waals surface area contributed by atoms with Crippen LogP contribution < -0.4 is 16.4 Å². The van der Waals surface area contributed by atoms with Gasteiger partial charge in [0.25, 0.3) is 0 Å². The summed E-state index contributed by atoms with van der Waals surface area (Å²) in [5.74, 6) is -0.297. The zero-order valence-corrected chi connectivity index (χ0v) is 11.0. The van der Waals surface area contributed by atoms with Gasteiger partial charge in [-0.3, -0.25) is 9.59 Å². The van der Waals surface area contributed by atoms with Gasteiger partial charge in [-0.05, 0) is 30.7 Å². The second kappa shape index (κ2) is 7.92. The summed E-state index contributed by atoms with van der Waals surface area (Å²) in [6.45, 7) is 2.78. The highest BCUT2D eigenvalue weighted by Crippen LogP contribution is 2.07. The van der Waals surface area contributed by atoms with Gasteiger partial charge in [-0.25, -0.2) is 0 Å². The molecule has 19 heavy (non-hydrogen) atoms. The minimum Gasteiger partial charge on any atom is -0.399 e. The standard InChI is InChI=1S/C14H19N3O2/c1-2-16-14(19)8-9-17-13(18)7-6-11-4-3-5-12(15)10-11/h3-7,10H,2,8-9,15H2,1H3,(H,16,19)(H,17,18)/b7-6+. The molecule has 2 amide bonds. The van der Waals surface area contributed by atoms with Crippen LogP contribution in [0.15, 0.2) is 30.3 Å². The van der Waals surface area contributed by atoms with E-state index in [9.17, 15) is 9.59 Å². The van der Waals surface area contributed by atoms with Crippen molar-refractivity contribution in [1.29, 1.82) is 0 Å². The quantitative estimate of drug-likeness (QED) is 0.526. The molecule has 102 valence electrons. The summed E-state index contributed by atoms with van der Waals surface area (Å²) >= 11 is 0. The van der Waals surface area contributed by atoms with Crippen molar-refractivity contribution < 1.29 is 9.59 Å². The molecule has 0 aliphatic rings. The first-order valence-electron chi connectivity index (χ1n) is 6.20. The van der Waals surface area contributed by atoms with Gasteiger partial charge in [0.05, 0.1) is 0 Å². The second-order valence-electron chi connectivity index (χ2n) is 4.00. The number of carbonyl (C=O) groups is 2. The van der Waals surface area contributed by atoms with Crippen LogP contribution in [-0.4, -0.2) is 24.9 Å². The molecule has 0 heterocycles. The number of carbonyl (C=O) groups excluding carboxylic acids is 2. The number of nitrogens with two attached hydrogens (primary N) is 1. The molecule has 0 bridgehead atoms. The van der Waals surface area contributed by atoms with Crippen LogP contribution in [0.5, 0.6) is 0 Å². The molecule has 0 saturated heterocycles. The Labute approximate surface area is 112 Å². The van der Waals surface area contributed by atoms with E-state index in [0.29, 0.717) is 18.8 Å². The van der Waals surface area contributed by atoms with E-state index in [1.165, 1.54) is 6.08 Å². The molecule has 0 unspecified atom stereocenters. The molecule has 0 saturated carbocycles. The first-order chi connectivity index (χ1) is 9.11. The van der Waals surface area contributed by atoms with Gasteiger partial charge in [-0.15, -0.1) is 0 Å². The highest BCUT2D eigenvalue weighted by Gasteiger charge is 2.00. The van der Waals surface area contributed by atoms with Crippen molar-refractivity contribution >= 4 is 23.6 Å². The van der Waals surface area contributed by atoms with Crippen molar-refractivity contribution in [1.82, 2.24) is 10.6 Å². The molecule has 0 atom stereocenters. The van der Waals surface area contributed by atoms with E-state index < -0.39 is 0 Å². The third-order valence-electron chi connectivity index (χ3n) is 2.36. The second-order valence-corrected chi connectivity index (χ2v) is 4.00. The highest BCUT2D eigenvalue weighted by molar-refractivity contribution is 5.92. The maximum Gasteiger partial charge on any atom is 0.244 e. The summed E-state index contributed by atoms with van der Waals surface area (Å²) in [4.78, 5) is 22.6. The SMILES string of the molecule is CCNC(=O)CCNC(=O)/C=C/c1cccc(N)c1. The van der Waals surface area contributed by atoms with Gasteiger partial charge < -0.3 is 16.4 Å². The van der Waals surface area contributed by atoms with Gasteiger partial charge in [-0.2, -0.15) is 0 Å². The molecule has 0 aliphatic heterocycles. The molecule has 5 heteroatoms. The number of nitrogen functional groups attached to an aromatic ring is 1. The summed E-state index contributed by atoms with van der Waals surface area (Å²) in [7, 11) is 0. The minimum atomic E-state index is -0.230. The number of rotatable bonds is 6. The fraction of sp³-hybridized carbons (Fsp3) is 0.286. The number of anilines is 1. The van der Waals surface area contributed by atoms with E-state index in [-0.39, 0.29) is 18.2 Å². The maximum absolute atomic E-state index is 11.5. The molecule has 0 fully saturated rings. The van der Waals surface area contributed by atoms with E-state index in [0.717, 1.165) is 5.56 Å². The number of benzene rings is 1. The van der Waals surface area contributed by atoms with Gasteiger partial charge in [-0.1, -0.05) is 12.1 Å². The van der Waals surface area contributed by atoms with E-state index >= 15 is 0 Å². The number of nitrogens with one attached hydrogen (secondary N) is 2. The van der Waals surface area contributed by atoms with Gasteiger partial charge in [0, 0.05) is 31.3 Å². The maximum atomic E-state index is 11.5. The number of amides is 2. The summed E-state index contributed by atoms with van der Waals surface area (Å²) in [6, 6.07) is 7.24. The fourth-order valence-corrected chi connectivity index (χ4v) is 1.48. The summed E-state index contributed by atoms with van der Waals surface area (Å²) in [5.41, 5.74) is 7.14. The lowest BCUT2D eigenvalue weighted by Gasteiger charge is -2.02. The predicted octanol–water partition coefficient (Wildman–Crippen LogP) is 0.924. The third kappa shape index (κ3) is 6.26. The Balaban J connectivity index is 2.33. The minimum absolute atomic E-state index is 0.0670. The molecule has 1 rings (SSSR count). The van der Waals surface area contributed by atoms with E-state index in [2.05, 4.69) is 10.6 Å². The Morgan fingerprint density at radius 2 is 2.11 bits per heavy atom. The van der Waals surface area contributed by atoms with Crippen LogP contribution in [-0.2, 0) is 9.59 Å². The molecular formula is C14H19N3O2. The smallest absolute Gasteiger partial charge is 0.244 e. The highest BCUT2D eigenvalue weighted by atomic mass is 16.2. The Morgan fingerprint density at radius 1 is 1.32 bits per heavy atom. The Hall–Kier alpha value is -2.30. The molecule has 1 aromatic rings. The molecule has 4 N–H and O–H groups in total. The van der Waals surface area contributed by atoms with Crippen molar-refractivity contribution in [3.63, 3.8) is 0 Å². The van der Waals surface area contributed by atoms with Gasteiger partial charge >= 0.3 is 0 Å². The van der Waals surface area contributed by atoms with Crippen LogP contribution in [0.25, 0.3) is 6.08 Å². The fourth-order valence-electron chi connectivity index (χ4n) is 1.48. The molecule has 0 spiro atoms. The van der Waals surface area contributed by atoms with Crippen molar-refractivity contribution in [3.05, 3.63) is 35.9 Å². The zero-order chi connectivity index (χ0) is 14.1. The Bertz CT molecular complexity index is 470. The summed E-state index contributed by atoms with van der Waals surface area (Å²) in [6.07, 6.45) is 3.38. The molecule has 0 aromatic heterocycles. The van der Waals surface area contributed by atoms with Crippen LogP contribution in [0.3, 0.4) is 0 Å². The van der Waals surface area contributed by atoms with Crippen molar-refractivity contribution in [2.45, 2.75) is 13.3 Å². The first-order valence-corrected chi connectivity index (χ1v) is 6.20. The number of hydrogen-bond acceptors (Lipinski definition) is 3. The van der Waals surface area contributed by atoms with Crippen LogP contribution in [0.2, 0.25) is 0 Å². The molecular weight excluding hydrogens is 242 g/mol. The molecule has 0 radical (unpaired) electrons. The number of hydrogen-bond donors (Lipinski definition) is 3. The van der Waals surface area contributed by atoms with Crippen molar-refractivity contribution in [3.8, 4) is 0 Å². The van der Waals surface area contributed by atoms with E-state index in [1.807, 2.05) is 19.1 Å². The van der Waals surface area contributed by atoms with Gasteiger partial charge in [0.1, 0.15) is 0 Å². The Kier molecular flexibility index (Phi) is 6.15. The third-order valence-corrected chi connectivity index (χ3v) is 2.36. The topological polar surface area (TPSA) is 84.2 Å². The normalized spacial score (nSPS) is 10.4. The van der Waals surface area contributed by atoms with Gasteiger partial charge in [0.2, 0.25) is 11.8 Å². The van der Waals surface area contributed by atoms with E-state index in [1.54, 1.807) is 18.2 Å². The zero-order valence-electron chi connectivity index (χ0n) is 11.0. The summed E-state index contributed by atoms with van der Waals surface area (Å²) in [5, 5.41) is 5.30. The monoisotopic (exact) mass is 261 g/mol. The van der Waals surface area contributed by atoms with Gasteiger partial charge in [0.15, 0.2) is 0 Å². The Morgan fingerprint density at radius 3 is 2.79 bits per heavy atom. The lowest BCUT2D eigenvalue weighted by atomic mass is 10.2. The predicted molar refractivity (Wildman–Crippen MR) is 76.2 cm³/mol. The van der Waals surface area contributed by atoms with E-state index in [4.69, 9.17) is 5.73 Å². The van der Waals surface area contributed by atoms with Crippen molar-refractivity contribution in [2.24, 2.45) is 0 Å². The molecule has 1 aromatic carbocycles. The van der Waals surface area contributed by atoms with Crippen LogP contribution in [0.1, 0.15) is 18.9 Å². The van der Waals surface area contributed by atoms with Crippen LogP contribution in [0.4, 0.5) is 5.69 Å². The first kappa shape index (κ1) is 14.8. The molecule has 5 nitrogen and oxygen atoms in total. The lowest BCUT2D eigenvalue weighted by Crippen LogP contribution is -2.29.